The van der Waals surface area contributed by atoms with Crippen molar-refractivity contribution in [1.82, 2.24) is 25.4 Å². The maximum absolute atomic E-state index is 14.7. The topological polar surface area (TPSA) is 181 Å². The number of hydrogen-bond acceptors (Lipinski definition) is 11. The molecule has 58 heavy (non-hydrogen) atoms. The lowest BCUT2D eigenvalue weighted by atomic mass is 9.85. The Kier molecular flexibility index (Phi) is 12.1. The molecule has 1 aromatic heterocycles. The number of amides is 3. The second-order valence-corrected chi connectivity index (χ2v) is 18.3. The van der Waals surface area contributed by atoms with Gasteiger partial charge < -0.3 is 44.9 Å². The van der Waals surface area contributed by atoms with Crippen LogP contribution in [0, 0.1) is 23.2 Å². The number of morpholine rings is 1. The second-order valence-electron chi connectivity index (χ2n) is 17.9. The van der Waals surface area contributed by atoms with Crippen LogP contribution in [-0.4, -0.2) is 126 Å². The lowest BCUT2D eigenvalue weighted by molar-refractivity contribution is -0.146. The van der Waals surface area contributed by atoms with E-state index in [1.807, 2.05) is 40.7 Å². The first kappa shape index (κ1) is 41.8. The largest absolute Gasteiger partial charge is 0.491 e. The summed E-state index contributed by atoms with van der Waals surface area (Å²) in [5.74, 6) is -0.153. The van der Waals surface area contributed by atoms with Crippen molar-refractivity contribution >= 4 is 52.2 Å². The van der Waals surface area contributed by atoms with E-state index >= 15 is 0 Å². The van der Waals surface area contributed by atoms with Gasteiger partial charge in [-0.15, -0.1) is 6.58 Å². The van der Waals surface area contributed by atoms with Crippen LogP contribution in [0.5, 0.6) is 11.5 Å². The molecule has 2 saturated heterocycles. The summed E-state index contributed by atoms with van der Waals surface area (Å²) >= 11 is 6.98. The number of nitrogens with zero attached hydrogens (tertiary/aromatic N) is 3. The molecular formula is C42H57ClN6O9. The first-order chi connectivity index (χ1) is 27.6. The van der Waals surface area contributed by atoms with Gasteiger partial charge in [0.1, 0.15) is 58.8 Å². The number of aliphatic carboxylic acids is 1. The number of rotatable bonds is 15. The number of halogens is 1. The van der Waals surface area contributed by atoms with Gasteiger partial charge in [-0.25, -0.2) is 14.6 Å². The average molecular weight is 825 g/mol. The number of fused-ring (bicyclic) bond motifs is 2. The smallest absolute Gasteiger partial charge is 0.408 e. The number of likely N-dealkylation sites (tertiary alicyclic amines) is 1. The van der Waals surface area contributed by atoms with Gasteiger partial charge >= 0.3 is 12.1 Å². The van der Waals surface area contributed by atoms with Crippen LogP contribution in [0.2, 0.25) is 5.02 Å². The predicted octanol–water partition coefficient (Wildman–Crippen LogP) is 4.85. The van der Waals surface area contributed by atoms with Crippen molar-refractivity contribution in [3.63, 3.8) is 0 Å². The zero-order valence-corrected chi connectivity index (χ0v) is 34.8. The molecule has 3 heterocycles. The fourth-order valence-electron chi connectivity index (χ4n) is 8.64. The minimum Gasteiger partial charge on any atom is -0.491 e. The molecule has 16 heteroatoms. The van der Waals surface area contributed by atoms with E-state index in [9.17, 15) is 24.3 Å². The summed E-state index contributed by atoms with van der Waals surface area (Å²) in [6.07, 6.45) is 2.98. The SMILES string of the molecule is C=C[C@@H]1C[C@]1(NC(=O)[C@@H]1C[C@@H](Oc2cc(NC(C)C)nc3c(Cl)c(OCCN4CCOCC4)ccc23)CN1C(=O)[C@@H](NC(=O)OC1C[C@@H]2C[C@@H]2C1)C(C)(C)C)C(=O)O. The van der Waals surface area contributed by atoms with E-state index in [0.29, 0.717) is 64.9 Å². The van der Waals surface area contributed by atoms with Crippen LogP contribution in [0.25, 0.3) is 10.9 Å². The number of alkyl carbamates (subject to hydrolysis) is 1. The molecule has 1 aromatic carbocycles. The van der Waals surface area contributed by atoms with E-state index < -0.39 is 58.9 Å². The zero-order valence-electron chi connectivity index (χ0n) is 34.1. The summed E-state index contributed by atoms with van der Waals surface area (Å²) in [5, 5.41) is 19.9. The van der Waals surface area contributed by atoms with Gasteiger partial charge in [-0.1, -0.05) is 38.4 Å². The van der Waals surface area contributed by atoms with Gasteiger partial charge in [0.15, 0.2) is 0 Å². The summed E-state index contributed by atoms with van der Waals surface area (Å²) in [7, 11) is 0. The highest BCUT2D eigenvalue weighted by Gasteiger charge is 2.61. The van der Waals surface area contributed by atoms with E-state index in [4.69, 9.17) is 35.5 Å². The molecule has 316 valence electrons. The quantitative estimate of drug-likeness (QED) is 0.180. The number of carbonyl (C=O) groups is 4. The number of anilines is 1. The standard InChI is InChI=1S/C42H57ClN6O9/c1-7-26-21-42(26,39(52)53)47-37(50)30-19-28(22-49(30)38(51)36(41(4,5)6)46-40(54)58-27-17-24-16-25(24)18-27)57-32-20-33(44-23(2)3)45-35-29(32)8-9-31(34(35)43)56-15-12-48-10-13-55-14-11-48/h7-9,20,23-28,30,36H,1,10-19,21-22H2,2-6H3,(H,44,45)(H,46,54)(H,47,50)(H,52,53)/t24-,25+,26-,27?,28-,30+,36-,42-/m1/s1. The molecule has 4 N–H and O–H groups in total. The Labute approximate surface area is 344 Å². The summed E-state index contributed by atoms with van der Waals surface area (Å²) in [6.45, 7) is 17.4. The number of hydrogen-bond donors (Lipinski definition) is 4. The highest BCUT2D eigenvalue weighted by atomic mass is 35.5. The Morgan fingerprint density at radius 1 is 1.09 bits per heavy atom. The first-order valence-corrected chi connectivity index (χ1v) is 20.9. The van der Waals surface area contributed by atoms with Crippen LogP contribution in [-0.2, 0) is 23.9 Å². The Bertz CT molecular complexity index is 1910. The number of benzene rings is 1. The molecule has 3 aliphatic carbocycles. The molecule has 1 unspecified atom stereocenters. The van der Waals surface area contributed by atoms with Gasteiger partial charge in [0.05, 0.1) is 25.3 Å². The predicted molar refractivity (Wildman–Crippen MR) is 217 cm³/mol. The van der Waals surface area contributed by atoms with E-state index in [1.165, 1.54) is 17.4 Å². The lowest BCUT2D eigenvalue weighted by Crippen LogP contribution is -2.59. The molecule has 0 radical (unpaired) electrons. The summed E-state index contributed by atoms with van der Waals surface area (Å²) < 4.78 is 24.0. The number of carboxylic acids is 1. The van der Waals surface area contributed by atoms with Crippen molar-refractivity contribution in [2.24, 2.45) is 23.2 Å². The fourth-order valence-corrected chi connectivity index (χ4v) is 8.91. The number of carbonyl (C=O) groups excluding carboxylic acids is 3. The van der Waals surface area contributed by atoms with Crippen molar-refractivity contribution in [2.75, 3.05) is 51.3 Å². The minimum absolute atomic E-state index is 0.0217. The number of ether oxygens (including phenoxy) is 4. The van der Waals surface area contributed by atoms with Crippen LogP contribution < -0.4 is 25.4 Å². The molecule has 7 rings (SSSR count). The third-order valence-electron chi connectivity index (χ3n) is 12.1. The number of nitrogens with one attached hydrogen (secondary N) is 3. The van der Waals surface area contributed by atoms with E-state index in [0.717, 1.165) is 32.5 Å². The van der Waals surface area contributed by atoms with Gasteiger partial charge in [0.2, 0.25) is 11.8 Å². The van der Waals surface area contributed by atoms with E-state index in [-0.39, 0.29) is 31.5 Å². The van der Waals surface area contributed by atoms with Crippen molar-refractivity contribution in [2.45, 2.75) is 103 Å². The lowest BCUT2D eigenvalue weighted by Gasteiger charge is -2.35. The molecule has 2 aliphatic heterocycles. The Hall–Kier alpha value is -4.34. The molecule has 8 atom stereocenters. The molecule has 15 nitrogen and oxygen atoms in total. The van der Waals surface area contributed by atoms with Gasteiger partial charge in [0, 0.05) is 49.5 Å². The Morgan fingerprint density at radius 2 is 1.81 bits per heavy atom. The summed E-state index contributed by atoms with van der Waals surface area (Å²) in [5.41, 5.74) is -1.84. The molecule has 5 fully saturated rings. The van der Waals surface area contributed by atoms with Crippen LogP contribution >= 0.6 is 11.6 Å². The minimum atomic E-state index is -1.52. The number of pyridine rings is 1. The number of aromatic nitrogens is 1. The normalized spacial score (nSPS) is 28.4. The van der Waals surface area contributed by atoms with Crippen LogP contribution in [0.15, 0.2) is 30.9 Å². The zero-order chi connectivity index (χ0) is 41.5. The van der Waals surface area contributed by atoms with Crippen LogP contribution in [0.4, 0.5) is 10.6 Å². The summed E-state index contributed by atoms with van der Waals surface area (Å²) in [6, 6.07) is 3.21. The molecule has 5 aliphatic rings. The second kappa shape index (κ2) is 16.7. The van der Waals surface area contributed by atoms with E-state index in [1.54, 1.807) is 12.1 Å². The maximum atomic E-state index is 14.7. The third kappa shape index (κ3) is 9.11. The molecular weight excluding hydrogens is 768 g/mol. The van der Waals surface area contributed by atoms with Gasteiger partial charge in [0.25, 0.3) is 0 Å². The number of carboxylic acid groups (broad SMARTS) is 1. The van der Waals surface area contributed by atoms with Gasteiger partial charge in [-0.05, 0) is 68.9 Å². The highest BCUT2D eigenvalue weighted by Crippen LogP contribution is 2.52. The van der Waals surface area contributed by atoms with Gasteiger partial charge in [-0.2, -0.15) is 0 Å². The maximum Gasteiger partial charge on any atom is 0.408 e. The van der Waals surface area contributed by atoms with Crippen LogP contribution in [0.1, 0.15) is 66.7 Å². The third-order valence-corrected chi connectivity index (χ3v) is 12.4. The first-order valence-electron chi connectivity index (χ1n) is 20.5. The van der Waals surface area contributed by atoms with Crippen LogP contribution in [0.3, 0.4) is 0 Å². The van der Waals surface area contributed by atoms with E-state index in [2.05, 4.69) is 27.4 Å². The molecule has 3 saturated carbocycles. The van der Waals surface area contributed by atoms with Crippen molar-refractivity contribution < 1.29 is 43.2 Å². The highest BCUT2D eigenvalue weighted by molar-refractivity contribution is 6.36. The fraction of sp³-hybridized carbons (Fsp3) is 0.643. The van der Waals surface area contributed by atoms with Gasteiger partial charge in [-0.3, -0.25) is 14.5 Å². The molecule has 0 bridgehead atoms. The average Bonchev–Trinajstić information content (AvgIpc) is 3.98. The molecule has 0 spiro atoms. The molecule has 3 amide bonds. The molecule has 2 aromatic rings. The van der Waals surface area contributed by atoms with Crippen molar-refractivity contribution in [3.8, 4) is 11.5 Å². The Morgan fingerprint density at radius 3 is 2.45 bits per heavy atom. The monoisotopic (exact) mass is 824 g/mol. The Balaban J connectivity index is 1.14. The summed E-state index contributed by atoms with van der Waals surface area (Å²) in [4.78, 5) is 63.0. The van der Waals surface area contributed by atoms with Crippen molar-refractivity contribution in [3.05, 3.63) is 35.9 Å². The van der Waals surface area contributed by atoms with Crippen molar-refractivity contribution in [1.29, 1.82) is 0 Å².